The van der Waals surface area contributed by atoms with E-state index >= 15 is 0 Å². The Hall–Kier alpha value is -2.01. The highest BCUT2D eigenvalue weighted by molar-refractivity contribution is 5.37. The topological polar surface area (TPSA) is 35.2 Å². The molecule has 0 radical (unpaired) electrons. The van der Waals surface area contributed by atoms with Crippen LogP contribution in [0.15, 0.2) is 48.5 Å². The molecule has 0 saturated heterocycles. The van der Waals surface area contributed by atoms with Gasteiger partial charge in [-0.25, -0.2) is 0 Å². The summed E-state index contributed by atoms with van der Waals surface area (Å²) >= 11 is 0. The standard InChI is InChI=1S/C16H16F3NO/c1-11-9-13(21-10-12-5-3-2-4-6-12)7-8-14(11)15(20)16(17,18)19/h2-9,15H,10,20H2,1H3/t15-/m1/s1. The van der Waals surface area contributed by atoms with Crippen molar-refractivity contribution < 1.29 is 17.9 Å². The van der Waals surface area contributed by atoms with Crippen molar-refractivity contribution in [3.8, 4) is 5.75 Å². The van der Waals surface area contributed by atoms with E-state index in [0.29, 0.717) is 17.9 Å². The average Bonchev–Trinajstić information content (AvgIpc) is 2.45. The first kappa shape index (κ1) is 15.4. The molecule has 1 atom stereocenters. The van der Waals surface area contributed by atoms with Crippen molar-refractivity contribution in [2.24, 2.45) is 5.73 Å². The normalized spacial score (nSPS) is 13.0. The summed E-state index contributed by atoms with van der Waals surface area (Å²) in [4.78, 5) is 0. The second kappa shape index (κ2) is 6.18. The molecule has 2 aromatic rings. The minimum absolute atomic E-state index is 0.0644. The van der Waals surface area contributed by atoms with Gasteiger partial charge in [-0.1, -0.05) is 36.4 Å². The van der Waals surface area contributed by atoms with Gasteiger partial charge in [-0.2, -0.15) is 13.2 Å². The van der Waals surface area contributed by atoms with Crippen LogP contribution in [0, 0.1) is 6.92 Å². The molecule has 0 amide bonds. The summed E-state index contributed by atoms with van der Waals surface area (Å²) in [5, 5.41) is 0. The van der Waals surface area contributed by atoms with Crippen LogP contribution in [-0.4, -0.2) is 6.18 Å². The second-order valence-corrected chi connectivity index (χ2v) is 4.81. The van der Waals surface area contributed by atoms with Gasteiger partial charge >= 0.3 is 6.18 Å². The van der Waals surface area contributed by atoms with E-state index in [0.717, 1.165) is 5.56 Å². The summed E-state index contributed by atoms with van der Waals surface area (Å²) in [6.45, 7) is 1.96. The first-order chi connectivity index (χ1) is 9.88. The van der Waals surface area contributed by atoms with Gasteiger partial charge in [-0.05, 0) is 35.7 Å². The summed E-state index contributed by atoms with van der Waals surface area (Å²) in [5.41, 5.74) is 6.74. The number of nitrogens with two attached hydrogens (primary N) is 1. The predicted molar refractivity (Wildman–Crippen MR) is 74.9 cm³/mol. The third-order valence-corrected chi connectivity index (χ3v) is 3.18. The molecule has 112 valence electrons. The van der Waals surface area contributed by atoms with Gasteiger partial charge in [0.2, 0.25) is 0 Å². The van der Waals surface area contributed by atoms with Crippen LogP contribution in [0.25, 0.3) is 0 Å². The average molecular weight is 295 g/mol. The van der Waals surface area contributed by atoms with Gasteiger partial charge in [0.1, 0.15) is 18.4 Å². The Balaban J connectivity index is 2.09. The number of benzene rings is 2. The highest BCUT2D eigenvalue weighted by atomic mass is 19.4. The van der Waals surface area contributed by atoms with Crippen molar-refractivity contribution in [2.45, 2.75) is 25.7 Å². The zero-order chi connectivity index (χ0) is 15.5. The van der Waals surface area contributed by atoms with Crippen LogP contribution < -0.4 is 10.5 Å². The van der Waals surface area contributed by atoms with Crippen LogP contribution in [0.5, 0.6) is 5.75 Å². The molecule has 0 saturated carbocycles. The highest BCUT2D eigenvalue weighted by Gasteiger charge is 2.38. The molecule has 0 aromatic heterocycles. The molecule has 0 aliphatic rings. The van der Waals surface area contributed by atoms with Gasteiger partial charge < -0.3 is 10.5 Å². The van der Waals surface area contributed by atoms with E-state index < -0.39 is 12.2 Å². The number of alkyl halides is 3. The summed E-state index contributed by atoms with van der Waals surface area (Å²) in [6.07, 6.45) is -4.45. The van der Waals surface area contributed by atoms with Crippen LogP contribution in [0.1, 0.15) is 22.7 Å². The van der Waals surface area contributed by atoms with Gasteiger partial charge in [0.05, 0.1) is 0 Å². The Morgan fingerprint density at radius 2 is 1.76 bits per heavy atom. The SMILES string of the molecule is Cc1cc(OCc2ccccc2)ccc1[C@@H](N)C(F)(F)F. The lowest BCUT2D eigenvalue weighted by molar-refractivity contribution is -0.149. The van der Waals surface area contributed by atoms with Crippen molar-refractivity contribution in [2.75, 3.05) is 0 Å². The molecule has 0 aliphatic carbocycles. The van der Waals surface area contributed by atoms with E-state index in [9.17, 15) is 13.2 Å². The van der Waals surface area contributed by atoms with Crippen molar-refractivity contribution in [3.05, 3.63) is 65.2 Å². The molecule has 0 bridgehead atoms. The minimum Gasteiger partial charge on any atom is -0.489 e. The Bertz CT molecular complexity index is 596. The van der Waals surface area contributed by atoms with Crippen LogP contribution in [0.2, 0.25) is 0 Å². The van der Waals surface area contributed by atoms with E-state index in [1.807, 2.05) is 30.3 Å². The predicted octanol–water partition coefficient (Wildman–Crippen LogP) is 4.14. The number of hydrogen-bond donors (Lipinski definition) is 1. The molecule has 0 spiro atoms. The molecule has 0 aliphatic heterocycles. The Labute approximate surface area is 121 Å². The van der Waals surface area contributed by atoms with Crippen molar-refractivity contribution in [3.63, 3.8) is 0 Å². The fourth-order valence-corrected chi connectivity index (χ4v) is 2.00. The van der Waals surface area contributed by atoms with E-state index in [4.69, 9.17) is 10.5 Å². The maximum atomic E-state index is 12.6. The Morgan fingerprint density at radius 1 is 1.10 bits per heavy atom. The van der Waals surface area contributed by atoms with E-state index in [1.54, 1.807) is 13.0 Å². The highest BCUT2D eigenvalue weighted by Crippen LogP contribution is 2.33. The minimum atomic E-state index is -4.45. The van der Waals surface area contributed by atoms with E-state index in [2.05, 4.69) is 0 Å². The molecule has 0 heterocycles. The van der Waals surface area contributed by atoms with Crippen molar-refractivity contribution >= 4 is 0 Å². The number of rotatable bonds is 4. The second-order valence-electron chi connectivity index (χ2n) is 4.81. The van der Waals surface area contributed by atoms with Gasteiger partial charge in [0.15, 0.2) is 0 Å². The van der Waals surface area contributed by atoms with Crippen LogP contribution in [0.3, 0.4) is 0 Å². The lowest BCUT2D eigenvalue weighted by Crippen LogP contribution is -2.29. The first-order valence-electron chi connectivity index (χ1n) is 6.47. The number of hydrogen-bond acceptors (Lipinski definition) is 2. The van der Waals surface area contributed by atoms with Gasteiger partial charge in [0.25, 0.3) is 0 Å². The van der Waals surface area contributed by atoms with Crippen LogP contribution in [0.4, 0.5) is 13.2 Å². The van der Waals surface area contributed by atoms with Gasteiger partial charge in [-0.3, -0.25) is 0 Å². The fourth-order valence-electron chi connectivity index (χ4n) is 2.00. The molecule has 0 unspecified atom stereocenters. The van der Waals surface area contributed by atoms with Gasteiger partial charge in [-0.15, -0.1) is 0 Å². The number of aryl methyl sites for hydroxylation is 1. The summed E-state index contributed by atoms with van der Waals surface area (Å²) in [6, 6.07) is 12.0. The maximum absolute atomic E-state index is 12.6. The lowest BCUT2D eigenvalue weighted by Gasteiger charge is -2.18. The maximum Gasteiger partial charge on any atom is 0.407 e. The fraction of sp³-hybridized carbons (Fsp3) is 0.250. The Morgan fingerprint density at radius 3 is 2.33 bits per heavy atom. The smallest absolute Gasteiger partial charge is 0.407 e. The van der Waals surface area contributed by atoms with Crippen LogP contribution in [-0.2, 0) is 6.61 Å². The Kier molecular flexibility index (Phi) is 4.53. The molecule has 2 N–H and O–H groups in total. The van der Waals surface area contributed by atoms with Crippen LogP contribution >= 0.6 is 0 Å². The quantitative estimate of drug-likeness (QED) is 0.920. The summed E-state index contributed by atoms with van der Waals surface area (Å²) in [5.74, 6) is 0.523. The molecule has 5 heteroatoms. The molecule has 2 nitrogen and oxygen atoms in total. The lowest BCUT2D eigenvalue weighted by atomic mass is 10.0. The monoisotopic (exact) mass is 295 g/mol. The number of ether oxygens (including phenoxy) is 1. The molecule has 2 aromatic carbocycles. The van der Waals surface area contributed by atoms with E-state index in [1.165, 1.54) is 12.1 Å². The van der Waals surface area contributed by atoms with Crippen molar-refractivity contribution in [1.29, 1.82) is 0 Å². The molecular formula is C16H16F3NO. The first-order valence-corrected chi connectivity index (χ1v) is 6.47. The third kappa shape index (κ3) is 3.98. The molecule has 2 rings (SSSR count). The summed E-state index contributed by atoms with van der Waals surface area (Å²) in [7, 11) is 0. The van der Waals surface area contributed by atoms with Crippen molar-refractivity contribution in [1.82, 2.24) is 0 Å². The number of halogens is 3. The summed E-state index contributed by atoms with van der Waals surface area (Å²) < 4.78 is 43.5. The molecule has 0 fully saturated rings. The third-order valence-electron chi connectivity index (χ3n) is 3.18. The largest absolute Gasteiger partial charge is 0.489 e. The zero-order valence-corrected chi connectivity index (χ0v) is 11.5. The zero-order valence-electron chi connectivity index (χ0n) is 11.5. The van der Waals surface area contributed by atoms with E-state index in [-0.39, 0.29) is 5.56 Å². The van der Waals surface area contributed by atoms with Gasteiger partial charge in [0, 0.05) is 0 Å². The molecule has 21 heavy (non-hydrogen) atoms. The molecular weight excluding hydrogens is 279 g/mol.